The van der Waals surface area contributed by atoms with Crippen molar-refractivity contribution in [2.45, 2.75) is 32.2 Å². The Labute approximate surface area is 118 Å². The molecule has 0 bridgehead atoms. The van der Waals surface area contributed by atoms with Gasteiger partial charge in [-0.3, -0.25) is 11.3 Å². The second kappa shape index (κ2) is 8.84. The van der Waals surface area contributed by atoms with Crippen molar-refractivity contribution in [3.8, 4) is 5.75 Å². The molecule has 20 heavy (non-hydrogen) atoms. The fraction of sp³-hybridized carbons (Fsp3) is 0.571. The van der Waals surface area contributed by atoms with Crippen LogP contribution in [0.3, 0.4) is 0 Å². The monoisotopic (exact) mass is 288 g/mol. The van der Waals surface area contributed by atoms with Gasteiger partial charge in [0.1, 0.15) is 12.4 Å². The molecule has 0 saturated heterocycles. The molecule has 0 aliphatic rings. The molecule has 1 atom stereocenters. The summed E-state index contributed by atoms with van der Waals surface area (Å²) in [6, 6.07) is 5.86. The molecular formula is C14H22F2N2O2. The number of rotatable bonds is 9. The van der Waals surface area contributed by atoms with Gasteiger partial charge >= 0.3 is 0 Å². The van der Waals surface area contributed by atoms with E-state index in [0.29, 0.717) is 12.8 Å². The lowest BCUT2D eigenvalue weighted by Gasteiger charge is -2.18. The quantitative estimate of drug-likeness (QED) is 0.415. The number of halogens is 2. The molecule has 0 spiro atoms. The number of nitrogens with two attached hydrogens (primary N) is 1. The fourth-order valence-electron chi connectivity index (χ4n) is 1.97. The highest BCUT2D eigenvalue weighted by atomic mass is 19.3. The van der Waals surface area contributed by atoms with Crippen LogP contribution in [0.25, 0.3) is 0 Å². The molecule has 4 nitrogen and oxygen atoms in total. The third kappa shape index (κ3) is 5.81. The van der Waals surface area contributed by atoms with E-state index in [1.54, 1.807) is 7.11 Å². The van der Waals surface area contributed by atoms with Crippen LogP contribution < -0.4 is 16.0 Å². The molecule has 3 N–H and O–H groups in total. The van der Waals surface area contributed by atoms with E-state index in [1.165, 1.54) is 0 Å². The van der Waals surface area contributed by atoms with Crippen molar-refractivity contribution < 1.29 is 18.3 Å². The van der Waals surface area contributed by atoms with Crippen LogP contribution in [0, 0.1) is 6.92 Å². The smallest absolute Gasteiger partial charge is 0.261 e. The maximum atomic E-state index is 11.9. The van der Waals surface area contributed by atoms with Crippen molar-refractivity contribution in [3.05, 3.63) is 29.3 Å². The predicted octanol–water partition coefficient (Wildman–Crippen LogP) is 2.05. The van der Waals surface area contributed by atoms with Crippen molar-refractivity contribution in [2.24, 2.45) is 5.84 Å². The Balaban J connectivity index is 2.53. The summed E-state index contributed by atoms with van der Waals surface area (Å²) in [6.45, 7) is 1.71. The zero-order valence-corrected chi connectivity index (χ0v) is 11.9. The summed E-state index contributed by atoms with van der Waals surface area (Å²) in [5.74, 6) is 6.29. The first-order valence-corrected chi connectivity index (χ1v) is 6.52. The van der Waals surface area contributed by atoms with Gasteiger partial charge in [0, 0.05) is 12.6 Å². The lowest BCUT2D eigenvalue weighted by atomic mass is 10.0. The second-order valence-corrected chi connectivity index (χ2v) is 4.64. The van der Waals surface area contributed by atoms with Crippen molar-refractivity contribution >= 4 is 0 Å². The van der Waals surface area contributed by atoms with Crippen molar-refractivity contribution in [3.63, 3.8) is 0 Å². The van der Waals surface area contributed by atoms with Crippen LogP contribution in [0.2, 0.25) is 0 Å². The molecule has 0 radical (unpaired) electrons. The Kier molecular flexibility index (Phi) is 7.43. The van der Waals surface area contributed by atoms with Crippen LogP contribution in [-0.2, 0) is 11.2 Å². The first kappa shape index (κ1) is 16.8. The van der Waals surface area contributed by atoms with E-state index in [1.807, 2.05) is 25.1 Å². The molecule has 0 amide bonds. The van der Waals surface area contributed by atoms with E-state index < -0.39 is 13.0 Å². The fourth-order valence-corrected chi connectivity index (χ4v) is 1.97. The summed E-state index contributed by atoms with van der Waals surface area (Å²) in [5.41, 5.74) is 4.85. The Bertz CT molecular complexity index is 403. The van der Waals surface area contributed by atoms with Crippen molar-refractivity contribution in [1.29, 1.82) is 0 Å². The molecule has 1 aromatic carbocycles. The van der Waals surface area contributed by atoms with Gasteiger partial charge in [-0.2, -0.15) is 0 Å². The summed E-state index contributed by atoms with van der Waals surface area (Å²) in [5, 5.41) is 0. The van der Waals surface area contributed by atoms with E-state index >= 15 is 0 Å². The topological polar surface area (TPSA) is 56.5 Å². The SMILES string of the molecule is COc1ccc(C)cc1CC(CCOCC(F)F)NN. The molecule has 1 unspecified atom stereocenters. The largest absolute Gasteiger partial charge is 0.496 e. The first-order chi connectivity index (χ1) is 9.56. The van der Waals surface area contributed by atoms with E-state index in [0.717, 1.165) is 16.9 Å². The summed E-state index contributed by atoms with van der Waals surface area (Å²) in [7, 11) is 1.62. The van der Waals surface area contributed by atoms with Crippen LogP contribution >= 0.6 is 0 Å². The summed E-state index contributed by atoms with van der Waals surface area (Å²) >= 11 is 0. The van der Waals surface area contributed by atoms with Gasteiger partial charge in [-0.1, -0.05) is 17.7 Å². The lowest BCUT2D eigenvalue weighted by Crippen LogP contribution is -2.37. The zero-order valence-electron chi connectivity index (χ0n) is 11.9. The summed E-state index contributed by atoms with van der Waals surface area (Å²) in [6.07, 6.45) is -1.23. The molecular weight excluding hydrogens is 266 g/mol. The minimum atomic E-state index is -2.43. The predicted molar refractivity (Wildman–Crippen MR) is 74.0 cm³/mol. The van der Waals surface area contributed by atoms with Crippen LogP contribution in [0.5, 0.6) is 5.75 Å². The molecule has 0 aromatic heterocycles. The highest BCUT2D eigenvalue weighted by molar-refractivity contribution is 5.37. The van der Waals surface area contributed by atoms with Gasteiger partial charge in [0.05, 0.1) is 7.11 Å². The minimum Gasteiger partial charge on any atom is -0.496 e. The van der Waals surface area contributed by atoms with Gasteiger partial charge in [-0.25, -0.2) is 8.78 Å². The van der Waals surface area contributed by atoms with E-state index in [9.17, 15) is 8.78 Å². The maximum Gasteiger partial charge on any atom is 0.261 e. The number of aryl methyl sites for hydroxylation is 1. The van der Waals surface area contributed by atoms with Crippen molar-refractivity contribution in [1.82, 2.24) is 5.43 Å². The highest BCUT2D eigenvalue weighted by Crippen LogP contribution is 2.21. The number of hydrazine groups is 1. The molecule has 1 aromatic rings. The van der Waals surface area contributed by atoms with E-state index in [2.05, 4.69) is 5.43 Å². The van der Waals surface area contributed by atoms with E-state index in [4.69, 9.17) is 15.3 Å². The average Bonchev–Trinajstić information content (AvgIpc) is 2.42. The summed E-state index contributed by atoms with van der Waals surface area (Å²) in [4.78, 5) is 0. The number of methoxy groups -OCH3 is 1. The Morgan fingerprint density at radius 2 is 2.10 bits per heavy atom. The standard InChI is InChI=1S/C14H22F2N2O2/c1-10-3-4-13(19-2)11(7-10)8-12(18-17)5-6-20-9-14(15)16/h3-4,7,12,14,18H,5-6,8-9,17H2,1-2H3. The van der Waals surface area contributed by atoms with Crippen LogP contribution in [0.1, 0.15) is 17.5 Å². The third-order valence-electron chi connectivity index (χ3n) is 2.99. The number of hydrogen-bond acceptors (Lipinski definition) is 4. The van der Waals surface area contributed by atoms with Crippen LogP contribution in [0.4, 0.5) is 8.78 Å². The maximum absolute atomic E-state index is 11.9. The molecule has 0 fully saturated rings. The highest BCUT2D eigenvalue weighted by Gasteiger charge is 2.12. The molecule has 0 saturated carbocycles. The molecule has 0 aliphatic carbocycles. The van der Waals surface area contributed by atoms with Crippen LogP contribution in [-0.4, -0.2) is 32.8 Å². The van der Waals surface area contributed by atoms with Gasteiger partial charge < -0.3 is 9.47 Å². The lowest BCUT2D eigenvalue weighted by molar-refractivity contribution is 0.0144. The normalized spacial score (nSPS) is 12.7. The molecule has 1 rings (SSSR count). The zero-order chi connectivity index (χ0) is 15.0. The Hall–Kier alpha value is -1.24. The number of nitrogens with one attached hydrogen (secondary N) is 1. The number of alkyl halides is 2. The first-order valence-electron chi connectivity index (χ1n) is 6.52. The van der Waals surface area contributed by atoms with Crippen LogP contribution in [0.15, 0.2) is 18.2 Å². The van der Waals surface area contributed by atoms with Gasteiger partial charge in [0.15, 0.2) is 0 Å². The molecule has 114 valence electrons. The van der Waals surface area contributed by atoms with Gasteiger partial charge in [-0.05, 0) is 31.4 Å². The second-order valence-electron chi connectivity index (χ2n) is 4.64. The Morgan fingerprint density at radius 1 is 1.35 bits per heavy atom. The van der Waals surface area contributed by atoms with Gasteiger partial charge in [-0.15, -0.1) is 0 Å². The van der Waals surface area contributed by atoms with Gasteiger partial charge in [0.2, 0.25) is 0 Å². The minimum absolute atomic E-state index is 0.0524. The van der Waals surface area contributed by atoms with E-state index in [-0.39, 0.29) is 12.6 Å². The Morgan fingerprint density at radius 3 is 2.70 bits per heavy atom. The number of benzene rings is 1. The summed E-state index contributed by atoms with van der Waals surface area (Å²) < 4.78 is 34.1. The molecule has 6 heteroatoms. The molecule has 0 heterocycles. The van der Waals surface area contributed by atoms with Gasteiger partial charge in [0.25, 0.3) is 6.43 Å². The van der Waals surface area contributed by atoms with Crippen molar-refractivity contribution in [2.75, 3.05) is 20.3 Å². The number of ether oxygens (including phenoxy) is 2. The average molecular weight is 288 g/mol. The number of hydrogen-bond donors (Lipinski definition) is 2. The third-order valence-corrected chi connectivity index (χ3v) is 2.99. The molecule has 0 aliphatic heterocycles.